The molecule has 0 saturated carbocycles. The van der Waals surface area contributed by atoms with Crippen molar-refractivity contribution in [2.45, 2.75) is 45.6 Å². The second-order valence-corrected chi connectivity index (χ2v) is 5.01. The maximum absolute atomic E-state index is 12.1. The Morgan fingerprint density at radius 2 is 2.33 bits per heavy atom. The van der Waals surface area contributed by atoms with Crippen LogP contribution in [0.1, 0.15) is 54.4 Å². The Hall–Kier alpha value is -1.36. The van der Waals surface area contributed by atoms with E-state index in [-0.39, 0.29) is 17.9 Å². The van der Waals surface area contributed by atoms with Gasteiger partial charge in [-0.1, -0.05) is 19.0 Å². The Labute approximate surface area is 107 Å². The van der Waals surface area contributed by atoms with E-state index in [2.05, 4.69) is 10.5 Å². The van der Waals surface area contributed by atoms with Crippen LogP contribution in [0.4, 0.5) is 0 Å². The van der Waals surface area contributed by atoms with Gasteiger partial charge in [0.25, 0.3) is 5.91 Å². The normalized spacial score (nSPS) is 19.4. The predicted molar refractivity (Wildman–Crippen MR) is 66.6 cm³/mol. The summed E-state index contributed by atoms with van der Waals surface area (Å²) in [6.45, 7) is 7.11. The number of carbonyl (C=O) groups is 1. The molecular formula is C13H20N2O3. The van der Waals surface area contributed by atoms with E-state index in [0.717, 1.165) is 19.4 Å². The molecule has 1 N–H and O–H groups in total. The fraction of sp³-hybridized carbons (Fsp3) is 0.692. The molecule has 0 unspecified atom stereocenters. The minimum atomic E-state index is -0.118. The van der Waals surface area contributed by atoms with E-state index in [4.69, 9.17) is 9.26 Å². The van der Waals surface area contributed by atoms with Gasteiger partial charge in [0.05, 0.1) is 11.8 Å². The highest BCUT2D eigenvalue weighted by Crippen LogP contribution is 2.22. The predicted octanol–water partition coefficient (Wildman–Crippen LogP) is 2.02. The van der Waals surface area contributed by atoms with Gasteiger partial charge in [0.15, 0.2) is 5.76 Å². The summed E-state index contributed by atoms with van der Waals surface area (Å²) in [7, 11) is 0. The second-order valence-electron chi connectivity index (χ2n) is 5.01. The Kier molecular flexibility index (Phi) is 4.01. The maximum Gasteiger partial charge on any atom is 0.256 e. The maximum atomic E-state index is 12.1. The Morgan fingerprint density at radius 1 is 1.56 bits per heavy atom. The zero-order chi connectivity index (χ0) is 13.1. The molecule has 0 bridgehead atoms. The van der Waals surface area contributed by atoms with Crippen molar-refractivity contribution < 1.29 is 14.1 Å². The number of rotatable bonds is 4. The molecule has 1 amide bonds. The lowest BCUT2D eigenvalue weighted by Gasteiger charge is -2.11. The van der Waals surface area contributed by atoms with Crippen molar-refractivity contribution in [3.05, 3.63) is 17.0 Å². The number of amides is 1. The average Bonchev–Trinajstić information content (AvgIpc) is 2.94. The number of hydrogen-bond acceptors (Lipinski definition) is 4. The number of nitrogens with zero attached hydrogens (tertiary/aromatic N) is 1. The molecule has 0 radical (unpaired) electrons. The van der Waals surface area contributed by atoms with Crippen LogP contribution in [0.2, 0.25) is 0 Å². The summed E-state index contributed by atoms with van der Waals surface area (Å²) in [4.78, 5) is 12.1. The summed E-state index contributed by atoms with van der Waals surface area (Å²) >= 11 is 0. The average molecular weight is 252 g/mol. The van der Waals surface area contributed by atoms with Crippen molar-refractivity contribution >= 4 is 5.91 Å². The molecule has 1 aliphatic rings. The van der Waals surface area contributed by atoms with Gasteiger partial charge in [0.1, 0.15) is 5.56 Å². The molecule has 0 aromatic carbocycles. The van der Waals surface area contributed by atoms with Crippen molar-refractivity contribution in [1.82, 2.24) is 10.5 Å². The fourth-order valence-electron chi connectivity index (χ4n) is 2.16. The number of aryl methyl sites for hydroxylation is 1. The highest BCUT2D eigenvalue weighted by molar-refractivity contribution is 5.96. The lowest BCUT2D eigenvalue weighted by atomic mass is 10.0. The first-order valence-corrected chi connectivity index (χ1v) is 6.45. The van der Waals surface area contributed by atoms with Crippen molar-refractivity contribution in [3.63, 3.8) is 0 Å². The number of hydrogen-bond donors (Lipinski definition) is 1. The van der Waals surface area contributed by atoms with E-state index in [0.29, 0.717) is 23.6 Å². The summed E-state index contributed by atoms with van der Waals surface area (Å²) in [5, 5.41) is 6.77. The van der Waals surface area contributed by atoms with Gasteiger partial charge in [0.2, 0.25) is 0 Å². The molecule has 1 saturated heterocycles. The molecule has 2 heterocycles. The number of aromatic nitrogens is 1. The van der Waals surface area contributed by atoms with E-state index in [1.807, 2.05) is 13.8 Å². The van der Waals surface area contributed by atoms with E-state index < -0.39 is 0 Å². The van der Waals surface area contributed by atoms with Gasteiger partial charge < -0.3 is 14.6 Å². The molecule has 1 atom stereocenters. The molecule has 5 heteroatoms. The quantitative estimate of drug-likeness (QED) is 0.890. The monoisotopic (exact) mass is 252 g/mol. The van der Waals surface area contributed by atoms with Gasteiger partial charge in [-0.25, -0.2) is 0 Å². The molecule has 100 valence electrons. The number of nitrogens with one attached hydrogen (secondary N) is 1. The third kappa shape index (κ3) is 2.72. The second kappa shape index (κ2) is 5.52. The largest absolute Gasteiger partial charge is 0.376 e. The molecular weight excluding hydrogens is 232 g/mol. The Bertz CT molecular complexity index is 420. The highest BCUT2D eigenvalue weighted by atomic mass is 16.5. The number of carbonyl (C=O) groups excluding carboxylic acids is 1. The lowest BCUT2D eigenvalue weighted by molar-refractivity contribution is 0.0855. The lowest BCUT2D eigenvalue weighted by Crippen LogP contribution is -2.32. The third-order valence-electron chi connectivity index (χ3n) is 3.15. The summed E-state index contributed by atoms with van der Waals surface area (Å²) in [6.07, 6.45) is 2.24. The van der Waals surface area contributed by atoms with Crippen LogP contribution in [0.15, 0.2) is 4.52 Å². The van der Waals surface area contributed by atoms with Gasteiger partial charge in [-0.05, 0) is 19.8 Å². The molecule has 5 nitrogen and oxygen atoms in total. The van der Waals surface area contributed by atoms with Crippen LogP contribution in [-0.4, -0.2) is 30.3 Å². The molecule has 1 fully saturated rings. The van der Waals surface area contributed by atoms with Gasteiger partial charge in [0, 0.05) is 19.1 Å². The van der Waals surface area contributed by atoms with Gasteiger partial charge in [-0.3, -0.25) is 4.79 Å². The molecule has 0 spiro atoms. The first-order valence-electron chi connectivity index (χ1n) is 6.45. The molecule has 18 heavy (non-hydrogen) atoms. The van der Waals surface area contributed by atoms with E-state index in [1.165, 1.54) is 0 Å². The van der Waals surface area contributed by atoms with Gasteiger partial charge >= 0.3 is 0 Å². The SMILES string of the molecule is Cc1noc(C(C)C)c1C(=O)NC[C@@H]1CCCO1. The first kappa shape index (κ1) is 13.1. The van der Waals surface area contributed by atoms with Crippen LogP contribution >= 0.6 is 0 Å². The smallest absolute Gasteiger partial charge is 0.256 e. The highest BCUT2D eigenvalue weighted by Gasteiger charge is 2.23. The molecule has 0 aliphatic carbocycles. The van der Waals surface area contributed by atoms with Crippen molar-refractivity contribution in [2.75, 3.05) is 13.2 Å². The zero-order valence-corrected chi connectivity index (χ0v) is 11.2. The van der Waals surface area contributed by atoms with Crippen molar-refractivity contribution in [3.8, 4) is 0 Å². The topological polar surface area (TPSA) is 64.4 Å². The van der Waals surface area contributed by atoms with Crippen molar-refractivity contribution in [1.29, 1.82) is 0 Å². The molecule has 1 aromatic heterocycles. The fourth-order valence-corrected chi connectivity index (χ4v) is 2.16. The van der Waals surface area contributed by atoms with Crippen LogP contribution in [-0.2, 0) is 4.74 Å². The van der Waals surface area contributed by atoms with Crippen LogP contribution in [0.25, 0.3) is 0 Å². The summed E-state index contributed by atoms with van der Waals surface area (Å²) in [6, 6.07) is 0. The van der Waals surface area contributed by atoms with Gasteiger partial charge in [-0.2, -0.15) is 0 Å². The van der Waals surface area contributed by atoms with E-state index >= 15 is 0 Å². The van der Waals surface area contributed by atoms with E-state index in [1.54, 1.807) is 6.92 Å². The zero-order valence-electron chi connectivity index (χ0n) is 11.2. The van der Waals surface area contributed by atoms with Crippen molar-refractivity contribution in [2.24, 2.45) is 0 Å². The minimum absolute atomic E-state index is 0.118. The third-order valence-corrected chi connectivity index (χ3v) is 3.15. The first-order chi connectivity index (χ1) is 8.59. The summed E-state index contributed by atoms with van der Waals surface area (Å²) in [5.74, 6) is 0.681. The number of ether oxygens (including phenoxy) is 1. The standard InChI is InChI=1S/C13H20N2O3/c1-8(2)12-11(9(3)15-18-12)13(16)14-7-10-5-4-6-17-10/h8,10H,4-7H2,1-3H3,(H,14,16)/t10-/m0/s1. The minimum Gasteiger partial charge on any atom is -0.376 e. The van der Waals surface area contributed by atoms with Crippen LogP contribution in [0.3, 0.4) is 0 Å². The Morgan fingerprint density at radius 3 is 2.94 bits per heavy atom. The molecule has 2 rings (SSSR count). The van der Waals surface area contributed by atoms with Crippen LogP contribution < -0.4 is 5.32 Å². The molecule has 1 aromatic rings. The van der Waals surface area contributed by atoms with E-state index in [9.17, 15) is 4.79 Å². The van der Waals surface area contributed by atoms with Crippen LogP contribution in [0, 0.1) is 6.92 Å². The van der Waals surface area contributed by atoms with Crippen LogP contribution in [0.5, 0.6) is 0 Å². The molecule has 1 aliphatic heterocycles. The summed E-state index contributed by atoms with van der Waals surface area (Å²) < 4.78 is 10.7. The van der Waals surface area contributed by atoms with Gasteiger partial charge in [-0.15, -0.1) is 0 Å². The summed E-state index contributed by atoms with van der Waals surface area (Å²) in [5.41, 5.74) is 1.21. The Balaban J connectivity index is 2.01.